The molecule has 0 radical (unpaired) electrons. The number of carbonyl (C=O) groups is 1. The smallest absolute Gasteiger partial charge is 0.251 e. The maximum Gasteiger partial charge on any atom is 0.251 e. The first-order valence-corrected chi connectivity index (χ1v) is 9.00. The lowest BCUT2D eigenvalue weighted by molar-refractivity contribution is -0.117. The van der Waals surface area contributed by atoms with Crippen LogP contribution in [0, 0.1) is 0 Å². The number of aromatic nitrogens is 1. The molecule has 132 valence electrons. The van der Waals surface area contributed by atoms with E-state index in [4.69, 9.17) is 4.74 Å². The minimum Gasteiger partial charge on any atom is -0.383 e. The van der Waals surface area contributed by atoms with Gasteiger partial charge in [-0.2, -0.15) is 0 Å². The van der Waals surface area contributed by atoms with Gasteiger partial charge in [-0.05, 0) is 57.3 Å². The van der Waals surface area contributed by atoms with Crippen molar-refractivity contribution in [3.05, 3.63) is 77.0 Å². The van der Waals surface area contributed by atoms with Crippen LogP contribution in [0.2, 0.25) is 0 Å². The van der Waals surface area contributed by atoms with Gasteiger partial charge in [-0.3, -0.25) is 9.78 Å². The molecule has 4 heteroatoms. The number of rotatable bonds is 4. The molecule has 1 aromatic heterocycles. The number of nitrogens with zero attached hydrogens (tertiary/aromatic N) is 1. The molecule has 3 aromatic rings. The van der Waals surface area contributed by atoms with Crippen LogP contribution < -0.4 is 5.32 Å². The Morgan fingerprint density at radius 2 is 1.93 bits per heavy atom. The summed E-state index contributed by atoms with van der Waals surface area (Å²) in [6.45, 7) is 1.01. The highest BCUT2D eigenvalue weighted by atomic mass is 16.5. The number of hydrogen-bond acceptors (Lipinski definition) is 3. The average molecular weight is 354 g/mol. The number of hydrogen-bond donors (Lipinski definition) is 1. The van der Waals surface area contributed by atoms with Crippen LogP contribution in [0.4, 0.5) is 0 Å². The fraction of sp³-hybridized carbons (Fsp3) is 0.130. The Hall–Kier alpha value is -3.24. The summed E-state index contributed by atoms with van der Waals surface area (Å²) in [6.07, 6.45) is 7.90. The van der Waals surface area contributed by atoms with Gasteiger partial charge in [0.1, 0.15) is 0 Å². The summed E-state index contributed by atoms with van der Waals surface area (Å²) >= 11 is 0. The van der Waals surface area contributed by atoms with Crippen LogP contribution >= 0.6 is 0 Å². The quantitative estimate of drug-likeness (QED) is 0.572. The van der Waals surface area contributed by atoms with Gasteiger partial charge >= 0.3 is 0 Å². The highest BCUT2D eigenvalue weighted by Crippen LogP contribution is 2.45. The number of fused-ring (bicyclic) bond motifs is 7. The van der Waals surface area contributed by atoms with Crippen molar-refractivity contribution < 1.29 is 9.53 Å². The van der Waals surface area contributed by atoms with Crippen LogP contribution in [0.5, 0.6) is 0 Å². The monoisotopic (exact) mass is 354 g/mol. The second-order valence-corrected chi connectivity index (χ2v) is 6.72. The molecule has 0 aliphatic heterocycles. The van der Waals surface area contributed by atoms with E-state index in [-0.39, 0.29) is 5.91 Å². The van der Waals surface area contributed by atoms with E-state index in [0.29, 0.717) is 18.7 Å². The van der Waals surface area contributed by atoms with Gasteiger partial charge in [0.25, 0.3) is 5.91 Å². The van der Waals surface area contributed by atoms with Gasteiger partial charge in [0.05, 0.1) is 12.1 Å². The molecule has 0 spiro atoms. The van der Waals surface area contributed by atoms with Gasteiger partial charge in [-0.1, -0.05) is 30.3 Å². The molecule has 2 aliphatic rings. The summed E-state index contributed by atoms with van der Waals surface area (Å²) in [6, 6.07) is 12.6. The third-order valence-corrected chi connectivity index (χ3v) is 5.24. The van der Waals surface area contributed by atoms with Gasteiger partial charge in [0.15, 0.2) is 0 Å². The summed E-state index contributed by atoms with van der Waals surface area (Å²) in [5.74, 6) is -0.0590. The van der Waals surface area contributed by atoms with Crippen molar-refractivity contribution in [2.45, 2.75) is 0 Å². The topological polar surface area (TPSA) is 51.2 Å². The first-order chi connectivity index (χ1) is 13.3. The fourth-order valence-electron chi connectivity index (χ4n) is 3.97. The molecule has 1 amide bonds. The van der Waals surface area contributed by atoms with Crippen molar-refractivity contribution >= 4 is 39.2 Å². The molecular weight excluding hydrogens is 336 g/mol. The lowest BCUT2D eigenvalue weighted by Crippen LogP contribution is -2.28. The van der Waals surface area contributed by atoms with Crippen LogP contribution in [0.1, 0.15) is 11.1 Å². The fourth-order valence-corrected chi connectivity index (χ4v) is 3.97. The maximum atomic E-state index is 12.5. The van der Waals surface area contributed by atoms with Crippen molar-refractivity contribution in [3.8, 4) is 0 Å². The molecule has 0 saturated carbocycles. The summed E-state index contributed by atoms with van der Waals surface area (Å²) in [5.41, 5.74) is 6.18. The number of carbonyl (C=O) groups excluding carboxylic acids is 1. The number of nitrogens with one attached hydrogen (secondary N) is 1. The SMILES string of the molecule is COCCNC(=O)C1=CC=C2C1=Cc1c2ccc2c1ccc1ncccc12. The van der Waals surface area contributed by atoms with Crippen molar-refractivity contribution in [1.82, 2.24) is 10.3 Å². The molecule has 0 unspecified atom stereocenters. The number of ether oxygens (including phenoxy) is 1. The van der Waals surface area contributed by atoms with Crippen LogP contribution in [-0.2, 0) is 9.53 Å². The van der Waals surface area contributed by atoms with E-state index in [0.717, 1.165) is 22.0 Å². The number of benzene rings is 2. The minimum absolute atomic E-state index is 0.0590. The first kappa shape index (κ1) is 16.0. The molecule has 4 nitrogen and oxygen atoms in total. The van der Waals surface area contributed by atoms with E-state index in [9.17, 15) is 4.79 Å². The summed E-state index contributed by atoms with van der Waals surface area (Å²) in [7, 11) is 1.63. The second-order valence-electron chi connectivity index (χ2n) is 6.72. The molecule has 2 aromatic carbocycles. The lowest BCUT2D eigenvalue weighted by atomic mass is 9.96. The molecule has 2 aliphatic carbocycles. The van der Waals surface area contributed by atoms with Gasteiger partial charge in [-0.25, -0.2) is 0 Å². The van der Waals surface area contributed by atoms with Gasteiger partial charge in [0.2, 0.25) is 0 Å². The number of allylic oxidation sites excluding steroid dienone is 3. The van der Waals surface area contributed by atoms with Crippen molar-refractivity contribution in [2.24, 2.45) is 0 Å². The average Bonchev–Trinajstić information content (AvgIpc) is 3.27. The van der Waals surface area contributed by atoms with E-state index < -0.39 is 0 Å². The molecule has 5 rings (SSSR count). The van der Waals surface area contributed by atoms with Gasteiger partial charge in [0, 0.05) is 30.8 Å². The number of methoxy groups -OCH3 is 1. The van der Waals surface area contributed by atoms with Gasteiger partial charge < -0.3 is 10.1 Å². The summed E-state index contributed by atoms with van der Waals surface area (Å²) < 4.78 is 5.01. The summed E-state index contributed by atoms with van der Waals surface area (Å²) in [4.78, 5) is 17.0. The Morgan fingerprint density at radius 1 is 1.04 bits per heavy atom. The predicted octanol–water partition coefficient (Wildman–Crippen LogP) is 3.87. The molecule has 1 N–H and O–H groups in total. The van der Waals surface area contributed by atoms with E-state index in [1.807, 2.05) is 24.4 Å². The predicted molar refractivity (Wildman–Crippen MR) is 108 cm³/mol. The minimum atomic E-state index is -0.0590. The second kappa shape index (κ2) is 6.18. The largest absolute Gasteiger partial charge is 0.383 e. The Balaban J connectivity index is 1.58. The van der Waals surface area contributed by atoms with E-state index >= 15 is 0 Å². The number of pyridine rings is 1. The highest BCUT2D eigenvalue weighted by Gasteiger charge is 2.29. The normalized spacial score (nSPS) is 14.6. The standard InChI is InChI=1S/C23H18N2O2/c1-27-12-11-25-23(26)19-7-6-16-15-5-4-14-17(20(15)13-21(16)19)8-9-22-18(14)3-2-10-24-22/h2-10,13H,11-12H2,1H3,(H,25,26). The van der Waals surface area contributed by atoms with Crippen LogP contribution in [-0.4, -0.2) is 31.2 Å². The van der Waals surface area contributed by atoms with E-state index in [1.165, 1.54) is 21.9 Å². The molecule has 0 bridgehead atoms. The Morgan fingerprint density at radius 3 is 2.81 bits per heavy atom. The van der Waals surface area contributed by atoms with E-state index in [2.05, 4.69) is 46.7 Å². The Kier molecular flexibility index (Phi) is 3.66. The van der Waals surface area contributed by atoms with Crippen molar-refractivity contribution in [3.63, 3.8) is 0 Å². The zero-order valence-corrected chi connectivity index (χ0v) is 15.0. The molecule has 1 heterocycles. The van der Waals surface area contributed by atoms with Crippen molar-refractivity contribution in [2.75, 3.05) is 20.3 Å². The Labute approximate surface area is 156 Å². The van der Waals surface area contributed by atoms with Gasteiger partial charge in [-0.15, -0.1) is 0 Å². The third kappa shape index (κ3) is 2.41. The third-order valence-electron chi connectivity index (χ3n) is 5.24. The van der Waals surface area contributed by atoms with Crippen LogP contribution in [0.15, 0.2) is 65.9 Å². The Bertz CT molecular complexity index is 1200. The van der Waals surface area contributed by atoms with Crippen molar-refractivity contribution in [1.29, 1.82) is 0 Å². The van der Waals surface area contributed by atoms with Crippen LogP contribution in [0.3, 0.4) is 0 Å². The number of amides is 1. The molecular formula is C23H18N2O2. The highest BCUT2D eigenvalue weighted by molar-refractivity contribution is 6.18. The molecule has 0 atom stereocenters. The zero-order valence-electron chi connectivity index (χ0n) is 15.0. The molecule has 0 fully saturated rings. The summed E-state index contributed by atoms with van der Waals surface area (Å²) in [5, 5.41) is 6.44. The molecule has 0 saturated heterocycles. The molecule has 27 heavy (non-hydrogen) atoms. The first-order valence-electron chi connectivity index (χ1n) is 9.00. The lowest BCUT2D eigenvalue weighted by Gasteiger charge is -2.08. The van der Waals surface area contributed by atoms with Crippen LogP contribution in [0.25, 0.3) is 33.3 Å². The zero-order chi connectivity index (χ0) is 18.4. The van der Waals surface area contributed by atoms with E-state index in [1.54, 1.807) is 7.11 Å². The maximum absolute atomic E-state index is 12.5.